The van der Waals surface area contributed by atoms with Gasteiger partial charge in [-0.2, -0.15) is 0 Å². The maximum absolute atomic E-state index is 11.2. The van der Waals surface area contributed by atoms with Gasteiger partial charge in [-0.05, 0) is 0 Å². The zero-order valence-electron chi connectivity index (χ0n) is 9.51. The Morgan fingerprint density at radius 1 is 1.33 bits per heavy atom. The van der Waals surface area contributed by atoms with Crippen molar-refractivity contribution in [2.45, 2.75) is 12.2 Å². The van der Waals surface area contributed by atoms with Gasteiger partial charge in [-0.15, -0.1) is 0 Å². The number of rotatable bonds is 4. The first-order valence-corrected chi connectivity index (χ1v) is 6.82. The molecule has 0 aromatic carbocycles. The molecule has 0 radical (unpaired) electrons. The predicted octanol–water partition coefficient (Wildman–Crippen LogP) is -1.13. The van der Waals surface area contributed by atoms with Crippen molar-refractivity contribution < 1.29 is 22.7 Å². The predicted molar refractivity (Wildman–Crippen MR) is 57.3 cm³/mol. The van der Waals surface area contributed by atoms with Gasteiger partial charge in [0.05, 0.1) is 51.5 Å². The summed E-state index contributed by atoms with van der Waals surface area (Å²) in [4.78, 5) is 0. The molecule has 0 bridgehead atoms. The highest BCUT2D eigenvalue weighted by Gasteiger charge is 2.37. The van der Waals surface area contributed by atoms with Crippen LogP contribution in [0.1, 0.15) is 0 Å². The van der Waals surface area contributed by atoms with E-state index in [4.69, 9.17) is 4.74 Å². The fraction of sp³-hybridized carbons (Fsp3) is 1.00. The van der Waals surface area contributed by atoms with E-state index in [-0.39, 0.29) is 11.5 Å². The molecule has 0 aromatic heterocycles. The van der Waals surface area contributed by atoms with Gasteiger partial charge in [0, 0.05) is 0 Å². The number of aliphatic hydroxyl groups is 1. The van der Waals surface area contributed by atoms with E-state index in [1.807, 2.05) is 21.1 Å². The lowest BCUT2D eigenvalue weighted by atomic mass is 10.3. The number of likely N-dealkylation sites (N-methyl/N-ethyl adjacent to an activating group) is 1. The number of ether oxygens (including phenoxy) is 1. The Kier molecular flexibility index (Phi) is 3.76. The molecule has 1 aliphatic rings. The van der Waals surface area contributed by atoms with Gasteiger partial charge in [0.2, 0.25) is 0 Å². The maximum Gasteiger partial charge on any atom is 0.155 e. The Balaban J connectivity index is 2.35. The van der Waals surface area contributed by atoms with E-state index in [2.05, 4.69) is 0 Å². The monoisotopic (exact) mass is 238 g/mol. The average molecular weight is 238 g/mol. The Bertz CT molecular complexity index is 307. The van der Waals surface area contributed by atoms with Crippen LogP contribution >= 0.6 is 0 Å². The lowest BCUT2D eigenvalue weighted by Gasteiger charge is -2.24. The molecule has 0 spiro atoms. The Hall–Kier alpha value is -0.170. The summed E-state index contributed by atoms with van der Waals surface area (Å²) >= 11 is 0. The average Bonchev–Trinajstić information content (AvgIpc) is 2.22. The molecule has 1 N–H and O–H groups in total. The van der Waals surface area contributed by atoms with Crippen LogP contribution in [0.4, 0.5) is 0 Å². The Morgan fingerprint density at radius 2 is 1.93 bits per heavy atom. The highest BCUT2D eigenvalue weighted by atomic mass is 32.2. The fourth-order valence-electron chi connectivity index (χ4n) is 1.43. The minimum absolute atomic E-state index is 0.0503. The summed E-state index contributed by atoms with van der Waals surface area (Å²) in [5, 5.41) is 9.44. The second-order valence-corrected chi connectivity index (χ2v) is 7.22. The third-order valence-corrected chi connectivity index (χ3v) is 4.05. The van der Waals surface area contributed by atoms with Crippen LogP contribution in [0.5, 0.6) is 0 Å². The number of sulfone groups is 1. The largest absolute Gasteiger partial charge is 0.389 e. The van der Waals surface area contributed by atoms with Crippen molar-refractivity contribution in [1.29, 1.82) is 0 Å². The topological polar surface area (TPSA) is 63.6 Å². The van der Waals surface area contributed by atoms with Crippen LogP contribution in [0.15, 0.2) is 0 Å². The maximum atomic E-state index is 11.2. The number of aliphatic hydroxyl groups excluding tert-OH is 1. The summed E-state index contributed by atoms with van der Waals surface area (Å²) in [6.07, 6.45) is -1.40. The zero-order chi connectivity index (χ0) is 11.7. The standard InChI is InChI=1S/C9H20NO4S/c1-10(2,3)4-5-14-9-7-15(12,13)6-8(9)11/h8-9,11H,4-7H2,1-3H3/q+1. The molecule has 0 aliphatic carbocycles. The van der Waals surface area contributed by atoms with Crippen molar-refractivity contribution in [3.05, 3.63) is 0 Å². The summed E-state index contributed by atoms with van der Waals surface area (Å²) in [5.41, 5.74) is 0. The number of nitrogens with zero attached hydrogens (tertiary/aromatic N) is 1. The van der Waals surface area contributed by atoms with Gasteiger partial charge in [-0.25, -0.2) is 8.42 Å². The molecule has 0 aromatic rings. The summed E-state index contributed by atoms with van der Waals surface area (Å²) in [6.45, 7) is 1.27. The van der Waals surface area contributed by atoms with E-state index in [0.717, 1.165) is 11.0 Å². The Labute approximate surface area is 91.2 Å². The van der Waals surface area contributed by atoms with Crippen molar-refractivity contribution in [2.75, 3.05) is 45.8 Å². The molecule has 5 nitrogen and oxygen atoms in total. The highest BCUT2D eigenvalue weighted by Crippen LogP contribution is 2.15. The summed E-state index contributed by atoms with van der Waals surface area (Å²) in [5.74, 6) is -0.215. The van der Waals surface area contributed by atoms with Crippen LogP contribution in [0.2, 0.25) is 0 Å². The smallest absolute Gasteiger partial charge is 0.155 e. The molecule has 0 amide bonds. The fourth-order valence-corrected chi connectivity index (χ4v) is 3.12. The van der Waals surface area contributed by atoms with Crippen molar-refractivity contribution in [2.24, 2.45) is 0 Å². The molecular weight excluding hydrogens is 218 g/mol. The summed E-state index contributed by atoms with van der Waals surface area (Å²) < 4.78 is 28.5. The van der Waals surface area contributed by atoms with Crippen LogP contribution < -0.4 is 0 Å². The summed E-state index contributed by atoms with van der Waals surface area (Å²) in [7, 11) is 3.01. The minimum atomic E-state index is -3.09. The van der Waals surface area contributed by atoms with E-state index >= 15 is 0 Å². The van der Waals surface area contributed by atoms with E-state index in [0.29, 0.717) is 6.61 Å². The first kappa shape index (κ1) is 12.9. The SMILES string of the molecule is C[N+](C)(C)CCOC1CS(=O)(=O)CC1O. The minimum Gasteiger partial charge on any atom is -0.389 e. The molecule has 1 rings (SSSR count). The van der Waals surface area contributed by atoms with E-state index in [9.17, 15) is 13.5 Å². The molecular formula is C9H20NO4S+. The number of hydrogen-bond acceptors (Lipinski definition) is 4. The van der Waals surface area contributed by atoms with Crippen molar-refractivity contribution >= 4 is 9.84 Å². The van der Waals surface area contributed by atoms with Crippen LogP contribution in [0, 0.1) is 0 Å². The van der Waals surface area contributed by atoms with Crippen molar-refractivity contribution in [3.8, 4) is 0 Å². The molecule has 1 heterocycles. The zero-order valence-corrected chi connectivity index (χ0v) is 10.3. The summed E-state index contributed by atoms with van der Waals surface area (Å²) in [6, 6.07) is 0. The molecule has 15 heavy (non-hydrogen) atoms. The normalized spacial score (nSPS) is 30.7. The molecule has 1 saturated heterocycles. The highest BCUT2D eigenvalue weighted by molar-refractivity contribution is 7.91. The second-order valence-electron chi connectivity index (χ2n) is 5.07. The molecule has 2 atom stereocenters. The van der Waals surface area contributed by atoms with Crippen LogP contribution in [0.3, 0.4) is 0 Å². The van der Waals surface area contributed by atoms with Gasteiger partial charge >= 0.3 is 0 Å². The third-order valence-electron chi connectivity index (χ3n) is 2.37. The van der Waals surface area contributed by atoms with E-state index < -0.39 is 22.0 Å². The van der Waals surface area contributed by atoms with E-state index in [1.165, 1.54) is 0 Å². The van der Waals surface area contributed by atoms with Gasteiger partial charge in [-0.3, -0.25) is 0 Å². The van der Waals surface area contributed by atoms with Gasteiger partial charge in [-0.1, -0.05) is 0 Å². The third kappa shape index (κ3) is 4.46. The first-order valence-electron chi connectivity index (χ1n) is 5.00. The van der Waals surface area contributed by atoms with Crippen LogP contribution in [-0.2, 0) is 14.6 Å². The van der Waals surface area contributed by atoms with E-state index in [1.54, 1.807) is 0 Å². The lowest BCUT2D eigenvalue weighted by Crippen LogP contribution is -2.39. The molecule has 1 aliphatic heterocycles. The molecule has 0 saturated carbocycles. The van der Waals surface area contributed by atoms with Crippen molar-refractivity contribution in [3.63, 3.8) is 0 Å². The quantitative estimate of drug-likeness (QED) is 0.629. The van der Waals surface area contributed by atoms with Gasteiger partial charge < -0.3 is 14.3 Å². The first-order chi connectivity index (χ1) is 6.70. The molecule has 90 valence electrons. The van der Waals surface area contributed by atoms with Gasteiger partial charge in [0.25, 0.3) is 0 Å². The van der Waals surface area contributed by atoms with Crippen LogP contribution in [0.25, 0.3) is 0 Å². The van der Waals surface area contributed by atoms with Crippen molar-refractivity contribution in [1.82, 2.24) is 0 Å². The van der Waals surface area contributed by atoms with Gasteiger partial charge in [0.15, 0.2) is 9.84 Å². The number of quaternary nitrogens is 1. The van der Waals surface area contributed by atoms with Gasteiger partial charge in [0.1, 0.15) is 6.54 Å². The molecule has 6 heteroatoms. The Morgan fingerprint density at radius 3 is 2.33 bits per heavy atom. The second kappa shape index (κ2) is 4.37. The lowest BCUT2D eigenvalue weighted by molar-refractivity contribution is -0.870. The molecule has 2 unspecified atom stereocenters. The van der Waals surface area contributed by atoms with Crippen LogP contribution in [-0.4, -0.2) is 76.0 Å². The molecule has 1 fully saturated rings. The number of hydrogen-bond donors (Lipinski definition) is 1.